The van der Waals surface area contributed by atoms with Crippen LogP contribution in [0.5, 0.6) is 0 Å². The first-order valence-corrected chi connectivity index (χ1v) is 7.05. The van der Waals surface area contributed by atoms with Gasteiger partial charge in [0.05, 0.1) is 0 Å². The zero-order valence-electron chi connectivity index (χ0n) is 11.2. The van der Waals surface area contributed by atoms with E-state index in [-0.39, 0.29) is 11.6 Å². The van der Waals surface area contributed by atoms with Crippen LogP contribution < -0.4 is 5.32 Å². The van der Waals surface area contributed by atoms with Crippen LogP contribution in [0.15, 0.2) is 18.2 Å². The molecular weight excluding hydrogens is 246 g/mol. The quantitative estimate of drug-likeness (QED) is 0.904. The maximum Gasteiger partial charge on any atom is 0.127 e. The van der Waals surface area contributed by atoms with Crippen molar-refractivity contribution in [2.24, 2.45) is 5.92 Å². The van der Waals surface area contributed by atoms with Gasteiger partial charge >= 0.3 is 0 Å². The number of piperazine rings is 1. The number of nitrogens with zero attached hydrogens (tertiary/aromatic N) is 1. The van der Waals surface area contributed by atoms with Gasteiger partial charge < -0.3 is 5.32 Å². The summed E-state index contributed by atoms with van der Waals surface area (Å²) in [6.07, 6.45) is 2.60. The Morgan fingerprint density at radius 3 is 2.84 bits per heavy atom. The number of hydrogen-bond acceptors (Lipinski definition) is 2. The summed E-state index contributed by atoms with van der Waals surface area (Å²) in [7, 11) is 0. The van der Waals surface area contributed by atoms with Crippen molar-refractivity contribution < 1.29 is 8.78 Å². The molecule has 1 aromatic rings. The highest BCUT2D eigenvalue weighted by Crippen LogP contribution is 2.34. The van der Waals surface area contributed by atoms with Crippen molar-refractivity contribution >= 4 is 0 Å². The molecule has 0 bridgehead atoms. The van der Waals surface area contributed by atoms with Crippen molar-refractivity contribution in [2.45, 2.75) is 38.4 Å². The van der Waals surface area contributed by atoms with E-state index in [4.69, 9.17) is 0 Å². The molecule has 1 aliphatic heterocycles. The first kappa shape index (κ1) is 13.0. The van der Waals surface area contributed by atoms with Crippen molar-refractivity contribution in [3.8, 4) is 0 Å². The molecule has 1 saturated carbocycles. The van der Waals surface area contributed by atoms with E-state index >= 15 is 0 Å². The number of rotatable bonds is 3. The van der Waals surface area contributed by atoms with E-state index < -0.39 is 0 Å². The molecule has 2 nitrogen and oxygen atoms in total. The molecular formula is C15H20F2N2. The maximum atomic E-state index is 13.7. The van der Waals surface area contributed by atoms with Crippen molar-refractivity contribution in [3.05, 3.63) is 35.4 Å². The Bertz CT molecular complexity index is 459. The van der Waals surface area contributed by atoms with Gasteiger partial charge in [-0.15, -0.1) is 0 Å². The number of hydrogen-bond donors (Lipinski definition) is 1. The molecule has 19 heavy (non-hydrogen) atoms. The lowest BCUT2D eigenvalue weighted by molar-refractivity contribution is 0.124. The van der Waals surface area contributed by atoms with Crippen LogP contribution in [0, 0.1) is 17.6 Å². The molecule has 3 rings (SSSR count). The highest BCUT2D eigenvalue weighted by atomic mass is 19.1. The minimum absolute atomic E-state index is 0.310. The third kappa shape index (κ3) is 2.95. The molecule has 4 heteroatoms. The van der Waals surface area contributed by atoms with Gasteiger partial charge in [0.2, 0.25) is 0 Å². The molecule has 0 aromatic heterocycles. The van der Waals surface area contributed by atoms with Gasteiger partial charge in [0, 0.05) is 37.3 Å². The fraction of sp³-hybridized carbons (Fsp3) is 0.600. The summed E-state index contributed by atoms with van der Waals surface area (Å²) >= 11 is 0. The van der Waals surface area contributed by atoms with E-state index in [1.807, 2.05) is 0 Å². The monoisotopic (exact) mass is 266 g/mol. The smallest absolute Gasteiger partial charge is 0.127 e. The van der Waals surface area contributed by atoms with Crippen molar-refractivity contribution in [1.29, 1.82) is 0 Å². The van der Waals surface area contributed by atoms with Crippen LogP contribution in [0.25, 0.3) is 0 Å². The third-order valence-corrected chi connectivity index (χ3v) is 4.30. The zero-order chi connectivity index (χ0) is 13.4. The molecule has 0 spiro atoms. The van der Waals surface area contributed by atoms with Crippen LogP contribution in [0.3, 0.4) is 0 Å². The Hall–Kier alpha value is -1.00. The van der Waals surface area contributed by atoms with Gasteiger partial charge in [-0.1, -0.05) is 0 Å². The Morgan fingerprint density at radius 2 is 2.11 bits per heavy atom. The Morgan fingerprint density at radius 1 is 1.32 bits per heavy atom. The standard InChI is InChI=1S/C15H20F2N2/c1-10-7-18-15(11-2-3-11)9-19(10)8-12-6-13(16)4-5-14(12)17/h4-6,10-11,15,18H,2-3,7-9H2,1H3. The highest BCUT2D eigenvalue weighted by Gasteiger charge is 2.36. The average Bonchev–Trinajstić information content (AvgIpc) is 3.21. The molecule has 1 aliphatic carbocycles. The van der Waals surface area contributed by atoms with Gasteiger partial charge in [0.1, 0.15) is 11.6 Å². The first-order valence-electron chi connectivity index (χ1n) is 7.05. The lowest BCUT2D eigenvalue weighted by atomic mass is 10.0. The molecule has 0 radical (unpaired) electrons. The number of benzene rings is 1. The Balaban J connectivity index is 1.71. The van der Waals surface area contributed by atoms with E-state index in [2.05, 4.69) is 17.1 Å². The van der Waals surface area contributed by atoms with Crippen LogP contribution in [0.4, 0.5) is 8.78 Å². The third-order valence-electron chi connectivity index (χ3n) is 4.30. The minimum Gasteiger partial charge on any atom is -0.311 e. The second-order valence-electron chi connectivity index (χ2n) is 5.87. The van der Waals surface area contributed by atoms with Gasteiger partial charge in [-0.2, -0.15) is 0 Å². The second kappa shape index (κ2) is 5.17. The van der Waals surface area contributed by atoms with Gasteiger partial charge in [0.15, 0.2) is 0 Å². The molecule has 2 unspecified atom stereocenters. The Labute approximate surface area is 112 Å². The summed E-state index contributed by atoms with van der Waals surface area (Å²) in [4.78, 5) is 2.26. The normalized spacial score (nSPS) is 28.6. The summed E-state index contributed by atoms with van der Waals surface area (Å²) in [6.45, 7) is 4.49. The summed E-state index contributed by atoms with van der Waals surface area (Å²) in [5.74, 6) is 0.111. The molecule has 1 heterocycles. The first-order chi connectivity index (χ1) is 9.13. The lowest BCUT2D eigenvalue weighted by Crippen LogP contribution is -2.55. The molecule has 1 saturated heterocycles. The van der Waals surface area contributed by atoms with Crippen molar-refractivity contribution in [1.82, 2.24) is 10.2 Å². The molecule has 0 amide bonds. The van der Waals surface area contributed by atoms with Gasteiger partial charge in [-0.05, 0) is 43.9 Å². The highest BCUT2D eigenvalue weighted by molar-refractivity contribution is 5.19. The predicted octanol–water partition coefficient (Wildman–Crippen LogP) is 2.54. The maximum absolute atomic E-state index is 13.7. The van der Waals surface area contributed by atoms with Crippen LogP contribution >= 0.6 is 0 Å². The zero-order valence-corrected chi connectivity index (χ0v) is 11.2. The van der Waals surface area contributed by atoms with E-state index in [1.54, 1.807) is 0 Å². The molecule has 1 N–H and O–H groups in total. The van der Waals surface area contributed by atoms with Crippen molar-refractivity contribution in [2.75, 3.05) is 13.1 Å². The minimum atomic E-state index is -0.363. The van der Waals surface area contributed by atoms with Crippen LogP contribution in [0.1, 0.15) is 25.3 Å². The van der Waals surface area contributed by atoms with Gasteiger partial charge in [-0.3, -0.25) is 4.90 Å². The van der Waals surface area contributed by atoms with E-state index in [9.17, 15) is 8.78 Å². The Kier molecular flexibility index (Phi) is 3.54. The summed E-state index contributed by atoms with van der Waals surface area (Å²) in [5.41, 5.74) is 0.461. The topological polar surface area (TPSA) is 15.3 Å². The summed E-state index contributed by atoms with van der Waals surface area (Å²) in [5, 5.41) is 3.56. The van der Waals surface area contributed by atoms with Gasteiger partial charge in [0.25, 0.3) is 0 Å². The fourth-order valence-electron chi connectivity index (χ4n) is 2.87. The molecule has 2 aliphatic rings. The molecule has 104 valence electrons. The van der Waals surface area contributed by atoms with Crippen LogP contribution in [-0.2, 0) is 6.54 Å². The largest absolute Gasteiger partial charge is 0.311 e. The summed E-state index contributed by atoms with van der Waals surface area (Å²) in [6, 6.07) is 4.59. The fourth-order valence-corrected chi connectivity index (χ4v) is 2.87. The average molecular weight is 266 g/mol. The van der Waals surface area contributed by atoms with E-state index in [1.165, 1.54) is 31.0 Å². The SMILES string of the molecule is CC1CNC(C2CC2)CN1Cc1cc(F)ccc1F. The van der Waals surface area contributed by atoms with Crippen molar-refractivity contribution in [3.63, 3.8) is 0 Å². The molecule has 1 aromatic carbocycles. The number of halogens is 2. The van der Waals surface area contributed by atoms with Crippen LogP contribution in [0.2, 0.25) is 0 Å². The van der Waals surface area contributed by atoms with Gasteiger partial charge in [-0.25, -0.2) is 8.78 Å². The lowest BCUT2D eigenvalue weighted by Gasteiger charge is -2.39. The second-order valence-corrected chi connectivity index (χ2v) is 5.87. The predicted molar refractivity (Wildman–Crippen MR) is 70.7 cm³/mol. The number of nitrogens with one attached hydrogen (secondary N) is 1. The molecule has 2 fully saturated rings. The summed E-state index contributed by atoms with van der Waals surface area (Å²) < 4.78 is 26.9. The van der Waals surface area contributed by atoms with Crippen LogP contribution in [-0.4, -0.2) is 30.1 Å². The van der Waals surface area contributed by atoms with E-state index in [0.29, 0.717) is 24.2 Å². The molecule has 2 atom stereocenters. The van der Waals surface area contributed by atoms with E-state index in [0.717, 1.165) is 19.0 Å².